The summed E-state index contributed by atoms with van der Waals surface area (Å²) < 4.78 is 0. The van der Waals surface area contributed by atoms with Crippen molar-refractivity contribution in [3.8, 4) is 0 Å². The summed E-state index contributed by atoms with van der Waals surface area (Å²) in [5, 5.41) is 0. The quantitative estimate of drug-likeness (QED) is 0.275. The molecule has 1 aliphatic heterocycles. The van der Waals surface area contributed by atoms with Crippen LogP contribution in [0.4, 0.5) is 0 Å². The van der Waals surface area contributed by atoms with Crippen molar-refractivity contribution < 1.29 is 0 Å². The van der Waals surface area contributed by atoms with Gasteiger partial charge in [0, 0.05) is 25.7 Å². The molecule has 3 N–H and O–H groups in total. The van der Waals surface area contributed by atoms with Gasteiger partial charge in [-0.05, 0) is 33.9 Å². The van der Waals surface area contributed by atoms with Crippen LogP contribution < -0.4 is 11.3 Å². The van der Waals surface area contributed by atoms with Crippen LogP contribution in [0.2, 0.25) is 0 Å². The highest BCUT2D eigenvalue weighted by molar-refractivity contribution is 5.79. The van der Waals surface area contributed by atoms with Gasteiger partial charge in [0.2, 0.25) is 5.96 Å². The average Bonchev–Trinajstić information content (AvgIpc) is 2.39. The molecule has 1 heterocycles. The Kier molecular flexibility index (Phi) is 4.84. The number of nitrogens with two attached hydrogens (primary N) is 1. The molecule has 0 spiro atoms. The molecule has 0 bridgehead atoms. The molecular weight excluding hydrogens is 190 g/mol. The predicted molar refractivity (Wildman–Crippen MR) is 63.6 cm³/mol. The normalized spacial score (nSPS) is 20.6. The van der Waals surface area contributed by atoms with Gasteiger partial charge in [0.05, 0.1) is 0 Å². The molecule has 1 fully saturated rings. The molecule has 0 aromatic carbocycles. The van der Waals surface area contributed by atoms with E-state index in [1.807, 2.05) is 0 Å². The third kappa shape index (κ3) is 4.05. The molecule has 5 nitrogen and oxygen atoms in total. The predicted octanol–water partition coefficient (Wildman–Crippen LogP) is -0.148. The van der Waals surface area contributed by atoms with E-state index in [-0.39, 0.29) is 6.04 Å². The summed E-state index contributed by atoms with van der Waals surface area (Å²) in [6, 6.07) is 0.275. The molecule has 0 amide bonds. The smallest absolute Gasteiger partial charge is 0.208 e. The lowest BCUT2D eigenvalue weighted by molar-refractivity contribution is 0.343. The Bertz CT molecular complexity index is 214. The molecule has 0 atom stereocenters. The van der Waals surface area contributed by atoms with Crippen LogP contribution in [0, 0.1) is 0 Å². The fraction of sp³-hybridized carbons (Fsp3) is 0.900. The zero-order chi connectivity index (χ0) is 11.3. The van der Waals surface area contributed by atoms with Crippen molar-refractivity contribution in [2.24, 2.45) is 10.8 Å². The first-order valence-electron chi connectivity index (χ1n) is 5.61. The molecule has 0 saturated carbocycles. The molecular formula is C10H23N5. The third-order valence-corrected chi connectivity index (χ3v) is 2.53. The largest absolute Gasteiger partial charge is 0.341 e. The van der Waals surface area contributed by atoms with E-state index in [0.717, 1.165) is 38.6 Å². The molecule has 0 aliphatic carbocycles. The number of nitrogens with zero attached hydrogens (tertiary/aromatic N) is 3. The van der Waals surface area contributed by atoms with Crippen molar-refractivity contribution in [2.45, 2.75) is 26.3 Å². The van der Waals surface area contributed by atoms with E-state index in [1.165, 1.54) is 0 Å². The molecule has 0 aromatic rings. The van der Waals surface area contributed by atoms with Gasteiger partial charge in [-0.2, -0.15) is 0 Å². The first-order valence-corrected chi connectivity index (χ1v) is 5.61. The summed E-state index contributed by atoms with van der Waals surface area (Å²) >= 11 is 0. The van der Waals surface area contributed by atoms with E-state index >= 15 is 0 Å². The van der Waals surface area contributed by atoms with E-state index < -0.39 is 0 Å². The van der Waals surface area contributed by atoms with Crippen LogP contribution in [0.25, 0.3) is 0 Å². The lowest BCUT2D eigenvalue weighted by atomic mass is 10.4. The molecule has 15 heavy (non-hydrogen) atoms. The van der Waals surface area contributed by atoms with Crippen LogP contribution in [0.3, 0.4) is 0 Å². The first kappa shape index (κ1) is 12.3. The Balaban J connectivity index is 2.59. The standard InChI is InChI=1S/C10H23N5/c1-9(2)12-10(13-11)15-6-4-5-14(3)7-8-15/h9H,4-8,11H2,1-3H3,(H,12,13). The number of hydrogen-bond acceptors (Lipinski definition) is 3. The minimum Gasteiger partial charge on any atom is -0.341 e. The summed E-state index contributed by atoms with van der Waals surface area (Å²) in [5.41, 5.74) is 2.70. The number of hydrogen-bond donors (Lipinski definition) is 2. The van der Waals surface area contributed by atoms with E-state index in [4.69, 9.17) is 5.84 Å². The van der Waals surface area contributed by atoms with E-state index in [0.29, 0.717) is 0 Å². The summed E-state index contributed by atoms with van der Waals surface area (Å²) in [6.45, 7) is 8.35. The highest BCUT2D eigenvalue weighted by Crippen LogP contribution is 2.02. The van der Waals surface area contributed by atoms with Gasteiger partial charge in [-0.25, -0.2) is 10.8 Å². The van der Waals surface area contributed by atoms with Crippen LogP contribution in [-0.2, 0) is 0 Å². The van der Waals surface area contributed by atoms with Crippen LogP contribution in [0.5, 0.6) is 0 Å². The summed E-state index contributed by atoms with van der Waals surface area (Å²) in [4.78, 5) is 9.04. The SMILES string of the molecule is CC(C)N=C(NN)N1CCCN(C)CC1. The molecule has 1 rings (SSSR count). The Labute approximate surface area is 92.3 Å². The second kappa shape index (κ2) is 5.92. The fourth-order valence-electron chi connectivity index (χ4n) is 1.71. The molecule has 0 unspecified atom stereocenters. The number of guanidine groups is 1. The maximum Gasteiger partial charge on any atom is 0.208 e. The molecule has 0 radical (unpaired) electrons. The van der Waals surface area contributed by atoms with E-state index in [9.17, 15) is 0 Å². The van der Waals surface area contributed by atoms with Gasteiger partial charge in [0.1, 0.15) is 0 Å². The van der Waals surface area contributed by atoms with Gasteiger partial charge in [-0.3, -0.25) is 5.43 Å². The maximum absolute atomic E-state index is 5.50. The van der Waals surface area contributed by atoms with Crippen LogP contribution >= 0.6 is 0 Å². The summed E-state index contributed by atoms with van der Waals surface area (Å²) in [7, 11) is 2.15. The van der Waals surface area contributed by atoms with Gasteiger partial charge in [0.15, 0.2) is 0 Å². The fourth-order valence-corrected chi connectivity index (χ4v) is 1.71. The van der Waals surface area contributed by atoms with Crippen molar-refractivity contribution in [1.29, 1.82) is 0 Å². The molecule has 1 saturated heterocycles. The number of rotatable bonds is 1. The van der Waals surface area contributed by atoms with Gasteiger partial charge in [-0.1, -0.05) is 0 Å². The third-order valence-electron chi connectivity index (χ3n) is 2.53. The Morgan fingerprint density at radius 1 is 1.27 bits per heavy atom. The minimum absolute atomic E-state index is 0.275. The van der Waals surface area contributed by atoms with Crippen molar-refractivity contribution in [3.05, 3.63) is 0 Å². The Hall–Kier alpha value is -0.810. The Morgan fingerprint density at radius 3 is 2.60 bits per heavy atom. The second-order valence-corrected chi connectivity index (χ2v) is 4.33. The summed E-state index contributed by atoms with van der Waals surface area (Å²) in [6.07, 6.45) is 1.16. The van der Waals surface area contributed by atoms with Crippen molar-refractivity contribution in [1.82, 2.24) is 15.2 Å². The number of likely N-dealkylation sites (N-methyl/N-ethyl adjacent to an activating group) is 1. The highest BCUT2D eigenvalue weighted by Gasteiger charge is 2.15. The van der Waals surface area contributed by atoms with Crippen LogP contribution in [-0.4, -0.2) is 55.0 Å². The van der Waals surface area contributed by atoms with Gasteiger partial charge in [0.25, 0.3) is 0 Å². The van der Waals surface area contributed by atoms with Gasteiger partial charge in [-0.15, -0.1) is 0 Å². The lowest BCUT2D eigenvalue weighted by Gasteiger charge is -2.24. The molecule has 5 heteroatoms. The topological polar surface area (TPSA) is 56.9 Å². The molecule has 0 aromatic heterocycles. The van der Waals surface area contributed by atoms with Crippen molar-refractivity contribution >= 4 is 5.96 Å². The highest BCUT2D eigenvalue weighted by atomic mass is 15.4. The van der Waals surface area contributed by atoms with Gasteiger partial charge < -0.3 is 9.80 Å². The monoisotopic (exact) mass is 213 g/mol. The molecule has 1 aliphatic rings. The van der Waals surface area contributed by atoms with Gasteiger partial charge >= 0.3 is 0 Å². The Morgan fingerprint density at radius 2 is 2.00 bits per heavy atom. The van der Waals surface area contributed by atoms with Crippen molar-refractivity contribution in [3.63, 3.8) is 0 Å². The van der Waals surface area contributed by atoms with Crippen LogP contribution in [0.1, 0.15) is 20.3 Å². The maximum atomic E-state index is 5.50. The first-order chi connectivity index (χ1) is 7.13. The minimum atomic E-state index is 0.275. The van der Waals surface area contributed by atoms with Crippen LogP contribution in [0.15, 0.2) is 4.99 Å². The van der Waals surface area contributed by atoms with E-state index in [2.05, 4.69) is 41.1 Å². The number of aliphatic imine (C=N–C) groups is 1. The number of hydrazine groups is 1. The number of nitrogens with one attached hydrogen (secondary N) is 1. The zero-order valence-corrected chi connectivity index (χ0v) is 10.0. The van der Waals surface area contributed by atoms with Crippen molar-refractivity contribution in [2.75, 3.05) is 33.2 Å². The second-order valence-electron chi connectivity index (χ2n) is 4.33. The lowest BCUT2D eigenvalue weighted by Crippen LogP contribution is -2.46. The van der Waals surface area contributed by atoms with E-state index in [1.54, 1.807) is 0 Å². The zero-order valence-electron chi connectivity index (χ0n) is 10.0. The summed E-state index contributed by atoms with van der Waals surface area (Å²) in [5.74, 6) is 6.32. The average molecular weight is 213 g/mol. The molecule has 88 valence electrons.